The fourth-order valence-electron chi connectivity index (χ4n) is 2.72. The predicted molar refractivity (Wildman–Crippen MR) is 96.0 cm³/mol. The van der Waals surface area contributed by atoms with E-state index in [1.54, 1.807) is 17.9 Å². The number of benzene rings is 1. The SMILES string of the molecule is O=C(NCCCn1cnc2ccccc21)c1cnc2sccn2c1=O. The Morgan fingerprint density at radius 2 is 2.12 bits per heavy atom. The van der Waals surface area contributed by atoms with Gasteiger partial charge in [0, 0.05) is 30.9 Å². The topological polar surface area (TPSA) is 81.3 Å². The molecular formula is C17H15N5O2S. The molecule has 7 nitrogen and oxygen atoms in total. The van der Waals surface area contributed by atoms with Gasteiger partial charge in [0.2, 0.25) is 0 Å². The van der Waals surface area contributed by atoms with E-state index in [0.717, 1.165) is 24.0 Å². The van der Waals surface area contributed by atoms with E-state index >= 15 is 0 Å². The van der Waals surface area contributed by atoms with Crippen molar-refractivity contribution >= 4 is 33.2 Å². The first-order valence-electron chi connectivity index (χ1n) is 7.87. The van der Waals surface area contributed by atoms with E-state index in [-0.39, 0.29) is 11.1 Å². The van der Waals surface area contributed by atoms with Crippen molar-refractivity contribution < 1.29 is 4.79 Å². The first kappa shape index (κ1) is 15.5. The minimum absolute atomic E-state index is 0.0592. The van der Waals surface area contributed by atoms with Crippen LogP contribution in [-0.4, -0.2) is 31.4 Å². The number of aryl methyl sites for hydroxylation is 1. The van der Waals surface area contributed by atoms with E-state index in [1.165, 1.54) is 21.9 Å². The van der Waals surface area contributed by atoms with Gasteiger partial charge >= 0.3 is 0 Å². The molecule has 0 atom stereocenters. The number of amides is 1. The second kappa shape index (κ2) is 6.48. The molecule has 0 aliphatic carbocycles. The number of nitrogens with one attached hydrogen (secondary N) is 1. The maximum atomic E-state index is 12.3. The summed E-state index contributed by atoms with van der Waals surface area (Å²) >= 11 is 1.35. The van der Waals surface area contributed by atoms with Gasteiger partial charge in [0.15, 0.2) is 4.96 Å². The molecule has 25 heavy (non-hydrogen) atoms. The molecule has 0 saturated carbocycles. The number of imidazole rings is 1. The van der Waals surface area contributed by atoms with Gasteiger partial charge in [-0.15, -0.1) is 11.3 Å². The zero-order valence-electron chi connectivity index (χ0n) is 13.3. The summed E-state index contributed by atoms with van der Waals surface area (Å²) in [5, 5.41) is 4.55. The minimum Gasteiger partial charge on any atom is -0.352 e. The summed E-state index contributed by atoms with van der Waals surface area (Å²) in [5.41, 5.74) is 1.74. The number of aromatic nitrogens is 4. The molecule has 1 N–H and O–H groups in total. The van der Waals surface area contributed by atoms with Gasteiger partial charge in [0.05, 0.1) is 17.4 Å². The highest BCUT2D eigenvalue weighted by molar-refractivity contribution is 7.15. The Hall–Kier alpha value is -3.00. The number of para-hydroxylation sites is 2. The average molecular weight is 353 g/mol. The number of fused-ring (bicyclic) bond motifs is 2. The Balaban J connectivity index is 1.38. The van der Waals surface area contributed by atoms with Crippen molar-refractivity contribution in [2.75, 3.05) is 6.54 Å². The Morgan fingerprint density at radius 3 is 3.04 bits per heavy atom. The summed E-state index contributed by atoms with van der Waals surface area (Å²) in [4.78, 5) is 33.5. The molecule has 3 heterocycles. The van der Waals surface area contributed by atoms with Crippen molar-refractivity contribution in [3.63, 3.8) is 0 Å². The maximum Gasteiger partial charge on any atom is 0.271 e. The van der Waals surface area contributed by atoms with Crippen LogP contribution in [0, 0.1) is 0 Å². The lowest BCUT2D eigenvalue weighted by Gasteiger charge is -2.06. The van der Waals surface area contributed by atoms with Crippen LogP contribution < -0.4 is 10.9 Å². The molecule has 1 aromatic carbocycles. The third-order valence-electron chi connectivity index (χ3n) is 3.98. The molecule has 0 bridgehead atoms. The lowest BCUT2D eigenvalue weighted by Crippen LogP contribution is -2.32. The van der Waals surface area contributed by atoms with Crippen LogP contribution in [-0.2, 0) is 6.54 Å². The summed E-state index contributed by atoms with van der Waals surface area (Å²) in [7, 11) is 0. The predicted octanol–water partition coefficient (Wildman–Crippen LogP) is 1.93. The third-order valence-corrected chi connectivity index (χ3v) is 4.75. The second-order valence-corrected chi connectivity index (χ2v) is 6.44. The fourth-order valence-corrected chi connectivity index (χ4v) is 3.39. The highest BCUT2D eigenvalue weighted by Gasteiger charge is 2.13. The molecule has 3 aromatic heterocycles. The Kier molecular flexibility index (Phi) is 4.02. The molecule has 0 spiro atoms. The van der Waals surface area contributed by atoms with E-state index in [9.17, 15) is 9.59 Å². The van der Waals surface area contributed by atoms with Crippen molar-refractivity contribution in [1.29, 1.82) is 0 Å². The molecule has 4 aromatic rings. The molecule has 0 aliphatic heterocycles. The van der Waals surface area contributed by atoms with Gasteiger partial charge in [-0.05, 0) is 18.6 Å². The van der Waals surface area contributed by atoms with E-state index in [4.69, 9.17) is 0 Å². The second-order valence-electron chi connectivity index (χ2n) is 5.57. The highest BCUT2D eigenvalue weighted by Crippen LogP contribution is 2.12. The van der Waals surface area contributed by atoms with Crippen LogP contribution in [0.3, 0.4) is 0 Å². The Labute approximate surface area is 146 Å². The summed E-state index contributed by atoms with van der Waals surface area (Å²) in [6.07, 6.45) is 5.50. The van der Waals surface area contributed by atoms with E-state index in [0.29, 0.717) is 11.5 Å². The third kappa shape index (κ3) is 2.91. The van der Waals surface area contributed by atoms with Crippen LogP contribution in [0.4, 0.5) is 0 Å². The standard InChI is InChI=1S/C17H15N5O2S/c23-15(12-10-19-17-22(16(12)24)8-9-25-17)18-6-3-7-21-11-20-13-4-1-2-5-14(13)21/h1-2,4-5,8-11H,3,6-7H2,(H,18,23). The summed E-state index contributed by atoms with van der Waals surface area (Å²) in [6.45, 7) is 1.21. The molecule has 1 amide bonds. The maximum absolute atomic E-state index is 12.3. The van der Waals surface area contributed by atoms with Gasteiger partial charge in [-0.2, -0.15) is 0 Å². The normalized spacial score (nSPS) is 11.2. The number of carbonyl (C=O) groups excluding carboxylic acids is 1. The van der Waals surface area contributed by atoms with Crippen LogP contribution in [0.2, 0.25) is 0 Å². The lowest BCUT2D eigenvalue weighted by molar-refractivity contribution is 0.0950. The smallest absolute Gasteiger partial charge is 0.271 e. The molecule has 0 saturated heterocycles. The lowest BCUT2D eigenvalue weighted by atomic mass is 10.3. The van der Waals surface area contributed by atoms with Gasteiger partial charge in [0.25, 0.3) is 11.5 Å². The fraction of sp³-hybridized carbons (Fsp3) is 0.176. The zero-order chi connectivity index (χ0) is 17.2. The highest BCUT2D eigenvalue weighted by atomic mass is 32.1. The van der Waals surface area contributed by atoms with Crippen LogP contribution in [0.15, 0.2) is 53.2 Å². The molecule has 8 heteroatoms. The number of thiazole rings is 1. The zero-order valence-corrected chi connectivity index (χ0v) is 14.1. The average Bonchev–Trinajstić information content (AvgIpc) is 3.26. The molecule has 4 rings (SSSR count). The summed E-state index contributed by atoms with van der Waals surface area (Å²) in [6, 6.07) is 7.91. The van der Waals surface area contributed by atoms with Crippen LogP contribution in [0.25, 0.3) is 16.0 Å². The van der Waals surface area contributed by atoms with Crippen molar-refractivity contribution in [2.24, 2.45) is 0 Å². The monoisotopic (exact) mass is 353 g/mol. The summed E-state index contributed by atoms with van der Waals surface area (Å²) < 4.78 is 3.44. The van der Waals surface area contributed by atoms with Crippen LogP contribution in [0.1, 0.15) is 16.8 Å². The molecule has 126 valence electrons. The summed E-state index contributed by atoms with van der Waals surface area (Å²) in [5.74, 6) is -0.395. The van der Waals surface area contributed by atoms with Crippen molar-refractivity contribution in [3.05, 3.63) is 64.3 Å². The Morgan fingerprint density at radius 1 is 1.24 bits per heavy atom. The molecule has 0 unspecified atom stereocenters. The number of hydrogen-bond donors (Lipinski definition) is 1. The number of carbonyl (C=O) groups is 1. The van der Waals surface area contributed by atoms with Gasteiger partial charge in [-0.3, -0.25) is 14.0 Å². The van der Waals surface area contributed by atoms with Gasteiger partial charge in [-0.1, -0.05) is 12.1 Å². The number of rotatable bonds is 5. The molecule has 0 aliphatic rings. The first-order chi connectivity index (χ1) is 12.2. The van der Waals surface area contributed by atoms with Crippen LogP contribution >= 0.6 is 11.3 Å². The molecule has 0 radical (unpaired) electrons. The van der Waals surface area contributed by atoms with Gasteiger partial charge in [0.1, 0.15) is 5.56 Å². The number of hydrogen-bond acceptors (Lipinski definition) is 5. The molecule has 0 fully saturated rings. The van der Waals surface area contributed by atoms with E-state index in [2.05, 4.69) is 19.9 Å². The van der Waals surface area contributed by atoms with Crippen molar-refractivity contribution in [1.82, 2.24) is 24.3 Å². The van der Waals surface area contributed by atoms with E-state index in [1.807, 2.05) is 24.3 Å². The minimum atomic E-state index is -0.395. The first-order valence-corrected chi connectivity index (χ1v) is 8.75. The Bertz CT molecular complexity index is 1110. The van der Waals surface area contributed by atoms with Crippen LogP contribution in [0.5, 0.6) is 0 Å². The van der Waals surface area contributed by atoms with Gasteiger partial charge in [-0.25, -0.2) is 9.97 Å². The number of nitrogens with zero attached hydrogens (tertiary/aromatic N) is 4. The van der Waals surface area contributed by atoms with Gasteiger partial charge < -0.3 is 9.88 Å². The van der Waals surface area contributed by atoms with Crippen molar-refractivity contribution in [3.8, 4) is 0 Å². The van der Waals surface area contributed by atoms with Crippen molar-refractivity contribution in [2.45, 2.75) is 13.0 Å². The van der Waals surface area contributed by atoms with E-state index < -0.39 is 5.91 Å². The largest absolute Gasteiger partial charge is 0.352 e. The quantitative estimate of drug-likeness (QED) is 0.556. The molecular weight excluding hydrogens is 338 g/mol.